The molecule has 0 saturated carbocycles. The molecule has 0 heterocycles. The fraction of sp³-hybridized carbons (Fsp3) is 0.125. The van der Waals surface area contributed by atoms with Gasteiger partial charge in [0.1, 0.15) is 12.4 Å². The molecular formula is C16H15ClN2O2. The monoisotopic (exact) mass is 302 g/mol. The first-order chi connectivity index (χ1) is 10.2. The van der Waals surface area contributed by atoms with Crippen LogP contribution in [0.15, 0.2) is 54.6 Å². The summed E-state index contributed by atoms with van der Waals surface area (Å²) in [7, 11) is 0. The molecule has 0 unspecified atom stereocenters. The number of nitriles is 1. The van der Waals surface area contributed by atoms with E-state index >= 15 is 0 Å². The van der Waals surface area contributed by atoms with Crippen LogP contribution < -0.4 is 10.5 Å². The van der Waals surface area contributed by atoms with E-state index in [9.17, 15) is 4.79 Å². The second kappa shape index (κ2) is 9.54. The Morgan fingerprint density at radius 3 is 2.48 bits per heavy atom. The van der Waals surface area contributed by atoms with Gasteiger partial charge in [-0.1, -0.05) is 30.3 Å². The number of hydrogen-bond donors (Lipinski definition) is 1. The number of carbonyl (C=O) groups is 1. The van der Waals surface area contributed by atoms with Crippen LogP contribution >= 0.6 is 11.6 Å². The minimum Gasteiger partial charge on any atom is -0.492 e. The maximum atomic E-state index is 10.6. The van der Waals surface area contributed by atoms with Gasteiger partial charge in [0.2, 0.25) is 0 Å². The van der Waals surface area contributed by atoms with Gasteiger partial charge in [0.05, 0.1) is 11.6 Å². The van der Waals surface area contributed by atoms with Gasteiger partial charge in [0.15, 0.2) is 0 Å². The van der Waals surface area contributed by atoms with Gasteiger partial charge in [-0.2, -0.15) is 5.26 Å². The molecule has 0 saturated heterocycles. The summed E-state index contributed by atoms with van der Waals surface area (Å²) in [6.45, 7) is 1.15. The smallest absolute Gasteiger partial charge is 0.252 e. The zero-order chi connectivity index (χ0) is 15.5. The molecule has 0 atom stereocenters. The minimum atomic E-state index is -0.540. The van der Waals surface area contributed by atoms with E-state index in [0.29, 0.717) is 24.3 Å². The lowest BCUT2D eigenvalue weighted by molar-refractivity contribution is 0.108. The Labute approximate surface area is 128 Å². The van der Waals surface area contributed by atoms with Gasteiger partial charge in [-0.25, -0.2) is 0 Å². The summed E-state index contributed by atoms with van der Waals surface area (Å²) in [5, 5.41) is 7.90. The van der Waals surface area contributed by atoms with Gasteiger partial charge in [-0.15, -0.1) is 0 Å². The van der Waals surface area contributed by atoms with Crippen LogP contribution in [0.5, 0.6) is 5.75 Å². The molecule has 2 aromatic rings. The number of nitrogens with zero attached hydrogens (tertiary/aromatic N) is 1. The van der Waals surface area contributed by atoms with Gasteiger partial charge >= 0.3 is 0 Å². The van der Waals surface area contributed by atoms with Crippen molar-refractivity contribution in [2.45, 2.75) is 0 Å². The predicted octanol–water partition coefficient (Wildman–Crippen LogP) is 2.96. The molecule has 0 spiro atoms. The molecule has 108 valence electrons. The van der Waals surface area contributed by atoms with Gasteiger partial charge in [0.25, 0.3) is 5.24 Å². The average Bonchev–Trinajstić information content (AvgIpc) is 2.54. The number of ether oxygens (including phenoxy) is 1. The Balaban J connectivity index is 0.000000211. The van der Waals surface area contributed by atoms with Crippen LogP contribution in [0.1, 0.15) is 15.9 Å². The van der Waals surface area contributed by atoms with Crippen LogP contribution in [0.25, 0.3) is 0 Å². The van der Waals surface area contributed by atoms with Crippen molar-refractivity contribution in [1.29, 1.82) is 5.26 Å². The van der Waals surface area contributed by atoms with Gasteiger partial charge in [-0.3, -0.25) is 4.79 Å². The van der Waals surface area contributed by atoms with Crippen molar-refractivity contribution in [2.24, 2.45) is 5.73 Å². The molecule has 5 heteroatoms. The lowest BCUT2D eigenvalue weighted by Crippen LogP contribution is -2.10. The highest BCUT2D eigenvalue weighted by Gasteiger charge is 2.00. The van der Waals surface area contributed by atoms with Crippen molar-refractivity contribution in [3.63, 3.8) is 0 Å². The zero-order valence-electron chi connectivity index (χ0n) is 11.3. The Morgan fingerprint density at radius 2 is 1.90 bits per heavy atom. The molecule has 0 aliphatic heterocycles. The van der Waals surface area contributed by atoms with Crippen molar-refractivity contribution in [2.75, 3.05) is 13.2 Å². The largest absolute Gasteiger partial charge is 0.492 e. The van der Waals surface area contributed by atoms with Crippen LogP contribution in [-0.4, -0.2) is 18.4 Å². The van der Waals surface area contributed by atoms with Crippen molar-refractivity contribution in [3.05, 3.63) is 65.7 Å². The van der Waals surface area contributed by atoms with Crippen molar-refractivity contribution in [3.8, 4) is 11.8 Å². The summed E-state index contributed by atoms with van der Waals surface area (Å²) in [4.78, 5) is 10.6. The minimum absolute atomic E-state index is 0.353. The van der Waals surface area contributed by atoms with Crippen LogP contribution in [0, 0.1) is 11.3 Å². The average molecular weight is 303 g/mol. The second-order valence-corrected chi connectivity index (χ2v) is 4.26. The van der Waals surface area contributed by atoms with E-state index in [-0.39, 0.29) is 0 Å². The fourth-order valence-electron chi connectivity index (χ4n) is 1.40. The summed E-state index contributed by atoms with van der Waals surface area (Å²) in [6.07, 6.45) is 0. The zero-order valence-corrected chi connectivity index (χ0v) is 12.1. The Kier molecular flexibility index (Phi) is 7.59. The maximum absolute atomic E-state index is 10.6. The number of carbonyl (C=O) groups excluding carboxylic acids is 1. The topological polar surface area (TPSA) is 76.1 Å². The highest BCUT2D eigenvalue weighted by atomic mass is 35.5. The van der Waals surface area contributed by atoms with E-state index in [2.05, 4.69) is 0 Å². The van der Waals surface area contributed by atoms with Crippen molar-refractivity contribution >= 4 is 16.8 Å². The van der Waals surface area contributed by atoms with E-state index in [4.69, 9.17) is 27.3 Å². The Bertz CT molecular complexity index is 609. The number of hydrogen-bond acceptors (Lipinski definition) is 4. The Morgan fingerprint density at radius 1 is 1.19 bits per heavy atom. The molecule has 4 nitrogen and oxygen atoms in total. The lowest BCUT2D eigenvalue weighted by Gasteiger charge is -2.01. The van der Waals surface area contributed by atoms with Crippen molar-refractivity contribution in [1.82, 2.24) is 0 Å². The predicted molar refractivity (Wildman–Crippen MR) is 82.3 cm³/mol. The first kappa shape index (κ1) is 16.7. The van der Waals surface area contributed by atoms with Gasteiger partial charge in [-0.05, 0) is 35.9 Å². The summed E-state index contributed by atoms with van der Waals surface area (Å²) >= 11 is 5.18. The van der Waals surface area contributed by atoms with Crippen LogP contribution in [-0.2, 0) is 0 Å². The van der Waals surface area contributed by atoms with E-state index in [1.54, 1.807) is 18.2 Å². The quantitative estimate of drug-likeness (QED) is 0.881. The molecule has 0 fully saturated rings. The number of nitrogens with two attached hydrogens (primary N) is 1. The van der Waals surface area contributed by atoms with Crippen LogP contribution in [0.2, 0.25) is 0 Å². The molecule has 2 N–H and O–H groups in total. The normalized spacial score (nSPS) is 9.00. The number of halogens is 1. The number of rotatable bonds is 4. The third kappa shape index (κ3) is 6.57. The fourth-order valence-corrected chi connectivity index (χ4v) is 1.52. The summed E-state index contributed by atoms with van der Waals surface area (Å²) in [5.41, 5.74) is 6.05. The van der Waals surface area contributed by atoms with Gasteiger partial charge < -0.3 is 10.5 Å². The second-order valence-electron chi connectivity index (χ2n) is 3.92. The molecule has 0 aromatic heterocycles. The molecule has 0 bridgehead atoms. The highest BCUT2D eigenvalue weighted by molar-refractivity contribution is 6.67. The Hall–Kier alpha value is -2.35. The maximum Gasteiger partial charge on any atom is 0.252 e. The molecule has 21 heavy (non-hydrogen) atoms. The van der Waals surface area contributed by atoms with Crippen LogP contribution in [0.3, 0.4) is 0 Å². The summed E-state index contributed by atoms with van der Waals surface area (Å²) < 4.78 is 5.23. The van der Waals surface area contributed by atoms with E-state index in [1.807, 2.05) is 36.4 Å². The highest BCUT2D eigenvalue weighted by Crippen LogP contribution is 2.07. The third-order valence-electron chi connectivity index (χ3n) is 2.35. The standard InChI is InChI=1S/C8H4ClNO.C8H11NO/c9-8(11)7-3-1-2-6(4-7)5-10;9-6-7-10-8-4-2-1-3-5-8/h1-4H;1-5H,6-7,9H2. The van der Waals surface area contributed by atoms with Crippen LogP contribution in [0.4, 0.5) is 0 Å². The number of para-hydroxylation sites is 1. The van der Waals surface area contributed by atoms with E-state index in [0.717, 1.165) is 5.75 Å². The number of benzene rings is 2. The third-order valence-corrected chi connectivity index (χ3v) is 2.57. The summed E-state index contributed by atoms with van der Waals surface area (Å²) in [6, 6.07) is 17.8. The molecule has 2 aromatic carbocycles. The van der Waals surface area contributed by atoms with Crippen molar-refractivity contribution < 1.29 is 9.53 Å². The molecular weight excluding hydrogens is 288 g/mol. The molecule has 0 radical (unpaired) electrons. The molecule has 2 rings (SSSR count). The SMILES string of the molecule is N#Cc1cccc(C(=O)Cl)c1.NCCOc1ccccc1. The van der Waals surface area contributed by atoms with E-state index < -0.39 is 5.24 Å². The first-order valence-corrected chi connectivity index (χ1v) is 6.63. The van der Waals surface area contributed by atoms with E-state index in [1.165, 1.54) is 6.07 Å². The molecule has 0 amide bonds. The molecule has 0 aliphatic rings. The molecule has 0 aliphatic carbocycles. The first-order valence-electron chi connectivity index (χ1n) is 6.25. The summed E-state index contributed by atoms with van der Waals surface area (Å²) in [5.74, 6) is 0.882. The van der Waals surface area contributed by atoms with Gasteiger partial charge in [0, 0.05) is 12.1 Å². The lowest BCUT2D eigenvalue weighted by atomic mass is 10.1.